The van der Waals surface area contributed by atoms with Gasteiger partial charge in [-0.1, -0.05) is 0 Å². The monoisotopic (exact) mass is 220 g/mol. The maximum atomic E-state index is 5.56. The lowest BCUT2D eigenvalue weighted by atomic mass is 10.1. The molecule has 0 unspecified atom stereocenters. The molecule has 0 radical (unpaired) electrons. The van der Waals surface area contributed by atoms with Crippen LogP contribution in [0.5, 0.6) is 11.5 Å². The maximum absolute atomic E-state index is 5.56. The van der Waals surface area contributed by atoms with Gasteiger partial charge in [0.2, 0.25) is 0 Å². The van der Waals surface area contributed by atoms with Crippen molar-refractivity contribution < 1.29 is 9.47 Å². The summed E-state index contributed by atoms with van der Waals surface area (Å²) in [6.45, 7) is 0. The average molecular weight is 220 g/mol. The summed E-state index contributed by atoms with van der Waals surface area (Å²) in [5.41, 5.74) is 7.04. The molecule has 2 aromatic heterocycles. The molecule has 84 valence electrons. The number of nitrogens with one attached hydrogen (secondary N) is 1. The fourth-order valence-corrected chi connectivity index (χ4v) is 1.46. The van der Waals surface area contributed by atoms with Gasteiger partial charge in [-0.3, -0.25) is 10.1 Å². The van der Waals surface area contributed by atoms with E-state index < -0.39 is 0 Å². The van der Waals surface area contributed by atoms with Crippen LogP contribution in [0.15, 0.2) is 18.5 Å². The van der Waals surface area contributed by atoms with Crippen LogP contribution in [0.2, 0.25) is 0 Å². The Morgan fingerprint density at radius 3 is 2.25 bits per heavy atom. The van der Waals surface area contributed by atoms with Crippen LogP contribution in [0, 0.1) is 0 Å². The number of nitrogen functional groups attached to an aromatic ring is 1. The first kappa shape index (κ1) is 10.3. The molecule has 2 rings (SSSR count). The minimum Gasteiger partial charge on any atom is -0.494 e. The number of nitrogens with two attached hydrogens (primary N) is 1. The molecule has 3 N–H and O–H groups in total. The van der Waals surface area contributed by atoms with Crippen molar-refractivity contribution in [3.63, 3.8) is 0 Å². The van der Waals surface area contributed by atoms with Crippen LogP contribution in [0.4, 0.5) is 5.82 Å². The molecule has 6 heteroatoms. The average Bonchev–Trinajstić information content (AvgIpc) is 2.74. The van der Waals surface area contributed by atoms with Crippen molar-refractivity contribution in [3.8, 4) is 22.8 Å². The highest BCUT2D eigenvalue weighted by molar-refractivity contribution is 5.74. The molecule has 0 atom stereocenters. The molecule has 0 saturated carbocycles. The van der Waals surface area contributed by atoms with Gasteiger partial charge in [0.25, 0.3) is 0 Å². The molecule has 0 bridgehead atoms. The van der Waals surface area contributed by atoms with Crippen molar-refractivity contribution >= 4 is 5.82 Å². The van der Waals surface area contributed by atoms with Gasteiger partial charge in [0.1, 0.15) is 17.3 Å². The van der Waals surface area contributed by atoms with Crippen molar-refractivity contribution in [1.82, 2.24) is 15.2 Å². The predicted octanol–water partition coefficient (Wildman–Crippen LogP) is 1.07. The largest absolute Gasteiger partial charge is 0.494 e. The molecule has 2 heterocycles. The van der Waals surface area contributed by atoms with E-state index in [-0.39, 0.29) is 0 Å². The van der Waals surface area contributed by atoms with Gasteiger partial charge in [0.15, 0.2) is 0 Å². The molecule has 0 aliphatic carbocycles. The lowest BCUT2D eigenvalue weighted by Gasteiger charge is -2.10. The van der Waals surface area contributed by atoms with E-state index in [1.54, 1.807) is 32.7 Å². The normalized spacial score (nSPS) is 10.1. The Kier molecular flexibility index (Phi) is 2.63. The summed E-state index contributed by atoms with van der Waals surface area (Å²) in [6, 6.07) is 1.71. The molecule has 0 amide bonds. The van der Waals surface area contributed by atoms with Crippen LogP contribution in [0.3, 0.4) is 0 Å². The van der Waals surface area contributed by atoms with Gasteiger partial charge in [-0.2, -0.15) is 5.10 Å². The molecular formula is C10H12N4O2. The second-order valence-corrected chi connectivity index (χ2v) is 3.13. The summed E-state index contributed by atoms with van der Waals surface area (Å²) in [7, 11) is 3.14. The van der Waals surface area contributed by atoms with Crippen molar-refractivity contribution in [2.24, 2.45) is 0 Å². The van der Waals surface area contributed by atoms with Gasteiger partial charge in [-0.15, -0.1) is 0 Å². The first-order valence-electron chi connectivity index (χ1n) is 4.63. The predicted molar refractivity (Wildman–Crippen MR) is 59.3 cm³/mol. The van der Waals surface area contributed by atoms with Crippen LogP contribution in [0.25, 0.3) is 11.3 Å². The van der Waals surface area contributed by atoms with Gasteiger partial charge >= 0.3 is 0 Å². The number of rotatable bonds is 3. The maximum Gasteiger partial charge on any atom is 0.150 e. The molecule has 6 nitrogen and oxygen atoms in total. The zero-order valence-corrected chi connectivity index (χ0v) is 9.02. The van der Waals surface area contributed by atoms with Crippen LogP contribution < -0.4 is 15.2 Å². The number of hydrogen-bond acceptors (Lipinski definition) is 5. The number of methoxy groups -OCH3 is 2. The number of aromatic nitrogens is 3. The Bertz CT molecular complexity index is 473. The second kappa shape index (κ2) is 4.09. The van der Waals surface area contributed by atoms with Gasteiger partial charge in [0.05, 0.1) is 37.9 Å². The van der Waals surface area contributed by atoms with E-state index in [0.717, 1.165) is 11.3 Å². The van der Waals surface area contributed by atoms with Crippen LogP contribution in [-0.2, 0) is 0 Å². The smallest absolute Gasteiger partial charge is 0.150 e. The van der Waals surface area contributed by atoms with E-state index in [0.29, 0.717) is 17.3 Å². The number of nitrogens with zero attached hydrogens (tertiary/aromatic N) is 2. The Morgan fingerprint density at radius 1 is 1.19 bits per heavy atom. The van der Waals surface area contributed by atoms with E-state index in [9.17, 15) is 0 Å². The van der Waals surface area contributed by atoms with Crippen molar-refractivity contribution in [2.75, 3.05) is 20.0 Å². The van der Waals surface area contributed by atoms with Gasteiger partial charge in [-0.25, -0.2) is 0 Å². The number of anilines is 1. The quantitative estimate of drug-likeness (QED) is 0.808. The highest BCUT2D eigenvalue weighted by Crippen LogP contribution is 2.36. The molecule has 0 spiro atoms. The number of H-pyrrole nitrogens is 1. The topological polar surface area (TPSA) is 86.1 Å². The number of hydrogen-bond donors (Lipinski definition) is 2. The Labute approximate surface area is 92.4 Å². The summed E-state index contributed by atoms with van der Waals surface area (Å²) < 4.78 is 10.4. The standard InChI is InChI=1S/C10H12N4O2/c1-15-7-4-12-5-8(16-2)10(7)6-3-9(11)14-13-6/h3-5H,1-2H3,(H3,11,13,14). The van der Waals surface area contributed by atoms with E-state index in [1.807, 2.05) is 0 Å². The number of aromatic amines is 1. The van der Waals surface area contributed by atoms with E-state index in [1.165, 1.54) is 0 Å². The van der Waals surface area contributed by atoms with Crippen molar-refractivity contribution in [3.05, 3.63) is 18.5 Å². The molecule has 2 aromatic rings. The van der Waals surface area contributed by atoms with Gasteiger partial charge < -0.3 is 15.2 Å². The lowest BCUT2D eigenvalue weighted by Crippen LogP contribution is -1.94. The van der Waals surface area contributed by atoms with Crippen LogP contribution in [-0.4, -0.2) is 29.4 Å². The first-order chi connectivity index (χ1) is 7.76. The van der Waals surface area contributed by atoms with Crippen molar-refractivity contribution in [2.45, 2.75) is 0 Å². The summed E-state index contributed by atoms with van der Waals surface area (Å²) in [4.78, 5) is 4.00. The minimum absolute atomic E-state index is 0.413. The third-order valence-corrected chi connectivity index (χ3v) is 2.18. The van der Waals surface area contributed by atoms with Crippen LogP contribution in [0.1, 0.15) is 0 Å². The molecule has 0 saturated heterocycles. The highest BCUT2D eigenvalue weighted by atomic mass is 16.5. The summed E-state index contributed by atoms with van der Waals surface area (Å²) >= 11 is 0. The minimum atomic E-state index is 0.413. The summed E-state index contributed by atoms with van der Waals surface area (Å²) in [5, 5.41) is 6.67. The fraction of sp³-hybridized carbons (Fsp3) is 0.200. The highest BCUT2D eigenvalue weighted by Gasteiger charge is 2.14. The van der Waals surface area contributed by atoms with E-state index >= 15 is 0 Å². The summed E-state index contributed by atoms with van der Waals surface area (Å²) in [6.07, 6.45) is 3.21. The third kappa shape index (κ3) is 1.65. The molecule has 0 aromatic carbocycles. The molecule has 16 heavy (non-hydrogen) atoms. The zero-order chi connectivity index (χ0) is 11.5. The van der Waals surface area contributed by atoms with Crippen molar-refractivity contribution in [1.29, 1.82) is 0 Å². The SMILES string of the molecule is COc1cncc(OC)c1-c1cc(N)n[nH]1. The van der Waals surface area contributed by atoms with E-state index in [4.69, 9.17) is 15.2 Å². The Balaban J connectivity index is 2.60. The zero-order valence-electron chi connectivity index (χ0n) is 9.02. The molecule has 0 aliphatic heterocycles. The lowest BCUT2D eigenvalue weighted by molar-refractivity contribution is 0.394. The first-order valence-corrected chi connectivity index (χ1v) is 4.63. The Hall–Kier alpha value is -2.24. The molecular weight excluding hydrogens is 208 g/mol. The Morgan fingerprint density at radius 2 is 1.81 bits per heavy atom. The third-order valence-electron chi connectivity index (χ3n) is 2.18. The van der Waals surface area contributed by atoms with Gasteiger partial charge in [-0.05, 0) is 0 Å². The fourth-order valence-electron chi connectivity index (χ4n) is 1.46. The number of pyridine rings is 1. The van der Waals surface area contributed by atoms with E-state index in [2.05, 4.69) is 15.2 Å². The molecule has 0 fully saturated rings. The number of ether oxygens (including phenoxy) is 2. The van der Waals surface area contributed by atoms with Crippen LogP contribution >= 0.6 is 0 Å². The summed E-state index contributed by atoms with van der Waals surface area (Å²) in [5.74, 6) is 1.61. The van der Waals surface area contributed by atoms with Gasteiger partial charge in [0, 0.05) is 6.07 Å². The second-order valence-electron chi connectivity index (χ2n) is 3.13. The molecule has 0 aliphatic rings.